The highest BCUT2D eigenvalue weighted by atomic mass is 32.1. The molecule has 6 heteroatoms. The third kappa shape index (κ3) is 1.35. The average molecular weight is 231 g/mol. The van der Waals surface area contributed by atoms with Crippen LogP contribution in [0, 0.1) is 0 Å². The number of hydrogen-bond acceptors (Lipinski definition) is 5. The van der Waals surface area contributed by atoms with Crippen molar-refractivity contribution in [1.82, 2.24) is 19.9 Å². The van der Waals surface area contributed by atoms with E-state index in [9.17, 15) is 0 Å². The average Bonchev–Trinajstić information content (AvgIpc) is 2.98. The van der Waals surface area contributed by atoms with Crippen LogP contribution in [0.4, 0.5) is 11.5 Å². The van der Waals surface area contributed by atoms with Crippen LogP contribution in [0.5, 0.6) is 0 Å². The van der Waals surface area contributed by atoms with E-state index in [-0.39, 0.29) is 0 Å². The Morgan fingerprint density at radius 3 is 3.06 bits per heavy atom. The summed E-state index contributed by atoms with van der Waals surface area (Å²) in [5.74, 6) is 0.810. The Morgan fingerprint density at radius 1 is 1.31 bits per heavy atom. The summed E-state index contributed by atoms with van der Waals surface area (Å²) in [6.07, 6.45) is 3.17. The van der Waals surface area contributed by atoms with Gasteiger partial charge >= 0.3 is 0 Å². The van der Waals surface area contributed by atoms with Gasteiger partial charge in [-0.3, -0.25) is 0 Å². The van der Waals surface area contributed by atoms with Gasteiger partial charge in [-0.15, -0.1) is 0 Å². The third-order valence-electron chi connectivity index (χ3n) is 2.41. The fourth-order valence-electron chi connectivity index (χ4n) is 1.57. The second-order valence-corrected chi connectivity index (χ2v) is 4.12. The summed E-state index contributed by atoms with van der Waals surface area (Å²) < 4.78 is 0. The lowest BCUT2D eigenvalue weighted by Crippen LogP contribution is -2.11. The molecule has 0 unspecified atom stereocenters. The predicted octanol–water partition coefficient (Wildman–Crippen LogP) is 2.18. The fraction of sp³-hybridized carbons (Fsp3) is 0.100. The van der Waals surface area contributed by atoms with Crippen molar-refractivity contribution in [3.05, 3.63) is 29.5 Å². The van der Waals surface area contributed by atoms with Gasteiger partial charge < -0.3 is 9.88 Å². The first-order valence-corrected chi connectivity index (χ1v) is 5.70. The number of fused-ring (bicyclic) bond motifs is 1. The van der Waals surface area contributed by atoms with Crippen LogP contribution in [-0.4, -0.2) is 27.0 Å². The molecule has 0 fully saturated rings. The quantitative estimate of drug-likeness (QED) is 0.734. The Bertz CT molecular complexity index is 600. The lowest BCUT2D eigenvalue weighted by Gasteiger charge is -2.15. The zero-order valence-electron chi connectivity index (χ0n) is 8.58. The first-order chi connectivity index (χ1) is 7.86. The molecule has 0 saturated carbocycles. The van der Waals surface area contributed by atoms with Crippen LogP contribution in [-0.2, 0) is 0 Å². The van der Waals surface area contributed by atoms with Crippen LogP contribution < -0.4 is 4.90 Å². The Kier molecular flexibility index (Phi) is 2.07. The SMILES string of the molecule is CN(c1ccsc1)c1ncnc2[nH]cnc12. The molecule has 0 aliphatic rings. The molecule has 0 saturated heterocycles. The maximum Gasteiger partial charge on any atom is 0.164 e. The lowest BCUT2D eigenvalue weighted by atomic mass is 10.4. The smallest absolute Gasteiger partial charge is 0.164 e. The summed E-state index contributed by atoms with van der Waals surface area (Å²) in [5.41, 5.74) is 2.65. The van der Waals surface area contributed by atoms with Crippen LogP contribution in [0.2, 0.25) is 0 Å². The Balaban J connectivity index is 2.15. The van der Waals surface area contributed by atoms with Gasteiger partial charge in [0, 0.05) is 12.4 Å². The summed E-state index contributed by atoms with van der Waals surface area (Å²) in [4.78, 5) is 17.6. The van der Waals surface area contributed by atoms with E-state index in [0.29, 0.717) is 0 Å². The van der Waals surface area contributed by atoms with Crippen molar-refractivity contribution >= 4 is 34.0 Å². The van der Waals surface area contributed by atoms with Crippen LogP contribution in [0.1, 0.15) is 0 Å². The van der Waals surface area contributed by atoms with E-state index in [0.717, 1.165) is 22.7 Å². The lowest BCUT2D eigenvalue weighted by molar-refractivity contribution is 1.11. The molecule has 0 radical (unpaired) electrons. The van der Waals surface area contributed by atoms with Crippen LogP contribution in [0.25, 0.3) is 11.2 Å². The van der Waals surface area contributed by atoms with E-state index in [1.807, 2.05) is 23.4 Å². The van der Waals surface area contributed by atoms with Gasteiger partial charge in [-0.05, 0) is 11.4 Å². The Hall–Kier alpha value is -1.95. The summed E-state index contributed by atoms with van der Waals surface area (Å²) >= 11 is 1.66. The fourth-order valence-corrected chi connectivity index (χ4v) is 2.24. The van der Waals surface area contributed by atoms with E-state index in [1.165, 1.54) is 0 Å². The van der Waals surface area contributed by atoms with E-state index in [2.05, 4.69) is 25.3 Å². The second-order valence-electron chi connectivity index (χ2n) is 3.34. The van der Waals surface area contributed by atoms with Gasteiger partial charge in [-0.25, -0.2) is 15.0 Å². The number of rotatable bonds is 2. The molecule has 3 rings (SSSR count). The van der Waals surface area contributed by atoms with E-state index in [4.69, 9.17) is 0 Å². The molecular weight excluding hydrogens is 222 g/mol. The van der Waals surface area contributed by atoms with Crippen molar-refractivity contribution in [2.45, 2.75) is 0 Å². The number of anilines is 2. The number of nitrogens with zero attached hydrogens (tertiary/aromatic N) is 4. The van der Waals surface area contributed by atoms with Crippen molar-refractivity contribution in [2.24, 2.45) is 0 Å². The molecule has 0 aromatic carbocycles. The van der Waals surface area contributed by atoms with E-state index >= 15 is 0 Å². The number of imidazole rings is 1. The van der Waals surface area contributed by atoms with Gasteiger partial charge in [0.2, 0.25) is 0 Å². The zero-order chi connectivity index (χ0) is 11.0. The summed E-state index contributed by atoms with van der Waals surface area (Å²) in [6.45, 7) is 0. The Labute approximate surface area is 95.8 Å². The highest BCUT2D eigenvalue weighted by Crippen LogP contribution is 2.27. The van der Waals surface area contributed by atoms with Gasteiger partial charge in [0.05, 0.1) is 12.0 Å². The molecule has 0 spiro atoms. The van der Waals surface area contributed by atoms with Gasteiger partial charge in [0.25, 0.3) is 0 Å². The molecule has 0 atom stereocenters. The minimum atomic E-state index is 0.757. The number of thiophene rings is 1. The molecule has 3 aromatic heterocycles. The highest BCUT2D eigenvalue weighted by Gasteiger charge is 2.12. The molecule has 0 aliphatic heterocycles. The van der Waals surface area contributed by atoms with Crippen molar-refractivity contribution in [1.29, 1.82) is 0 Å². The van der Waals surface area contributed by atoms with Crippen molar-refractivity contribution in [2.75, 3.05) is 11.9 Å². The topological polar surface area (TPSA) is 57.7 Å². The van der Waals surface area contributed by atoms with E-state index in [1.54, 1.807) is 24.0 Å². The summed E-state index contributed by atoms with van der Waals surface area (Å²) in [7, 11) is 1.97. The van der Waals surface area contributed by atoms with Gasteiger partial charge in [-0.1, -0.05) is 0 Å². The van der Waals surface area contributed by atoms with E-state index < -0.39 is 0 Å². The second kappa shape index (κ2) is 3.57. The molecular formula is C10H9N5S. The predicted molar refractivity (Wildman–Crippen MR) is 64.1 cm³/mol. The first-order valence-electron chi connectivity index (χ1n) is 4.76. The van der Waals surface area contributed by atoms with Crippen LogP contribution in [0.15, 0.2) is 29.5 Å². The standard InChI is InChI=1S/C10H9N5S/c1-15(7-2-3-16-4-7)10-8-9(12-5-11-8)13-6-14-10/h2-6H,1H3,(H,11,12,13,14). The van der Waals surface area contributed by atoms with Crippen LogP contribution >= 0.6 is 11.3 Å². The van der Waals surface area contributed by atoms with Gasteiger partial charge in [-0.2, -0.15) is 11.3 Å². The minimum Gasteiger partial charge on any atom is -0.329 e. The molecule has 5 nitrogen and oxygen atoms in total. The third-order valence-corrected chi connectivity index (χ3v) is 3.08. The molecule has 3 aromatic rings. The number of aromatic amines is 1. The monoisotopic (exact) mass is 231 g/mol. The normalized spacial score (nSPS) is 10.8. The maximum absolute atomic E-state index is 4.27. The zero-order valence-corrected chi connectivity index (χ0v) is 9.40. The molecule has 0 aliphatic carbocycles. The molecule has 1 N–H and O–H groups in total. The van der Waals surface area contributed by atoms with Crippen molar-refractivity contribution < 1.29 is 0 Å². The number of nitrogens with one attached hydrogen (secondary N) is 1. The minimum absolute atomic E-state index is 0.757. The molecule has 3 heterocycles. The number of H-pyrrole nitrogens is 1. The molecule has 16 heavy (non-hydrogen) atoms. The maximum atomic E-state index is 4.27. The van der Waals surface area contributed by atoms with Gasteiger partial charge in [0.15, 0.2) is 17.0 Å². The Morgan fingerprint density at radius 2 is 2.25 bits per heavy atom. The van der Waals surface area contributed by atoms with Crippen molar-refractivity contribution in [3.8, 4) is 0 Å². The summed E-state index contributed by atoms with van der Waals surface area (Å²) in [5, 5.41) is 4.11. The van der Waals surface area contributed by atoms with Crippen LogP contribution in [0.3, 0.4) is 0 Å². The van der Waals surface area contributed by atoms with Gasteiger partial charge in [0.1, 0.15) is 6.33 Å². The highest BCUT2D eigenvalue weighted by molar-refractivity contribution is 7.08. The number of aromatic nitrogens is 4. The molecule has 0 bridgehead atoms. The number of hydrogen-bond donors (Lipinski definition) is 1. The molecule has 80 valence electrons. The first kappa shape index (κ1) is 9.29. The van der Waals surface area contributed by atoms with Crippen molar-refractivity contribution in [3.63, 3.8) is 0 Å². The largest absolute Gasteiger partial charge is 0.329 e. The summed E-state index contributed by atoms with van der Waals surface area (Å²) in [6, 6.07) is 2.05. The molecule has 0 amide bonds.